The Morgan fingerprint density at radius 1 is 1.37 bits per heavy atom. The standard InChI is InChI=1S/C14H23ClN4/c1-10(2)11-12(15)17-9-18-13(11)16-8-14(19(3)4)6-5-7-14/h9-10H,5-8H2,1-4H3,(H,16,17,18). The van der Waals surface area contributed by atoms with E-state index in [1.165, 1.54) is 25.6 Å². The third-order valence-corrected chi connectivity index (χ3v) is 4.53. The molecule has 4 nitrogen and oxygen atoms in total. The first kappa shape index (κ1) is 14.5. The van der Waals surface area contributed by atoms with Crippen molar-refractivity contribution in [1.29, 1.82) is 0 Å². The first-order valence-electron chi connectivity index (χ1n) is 6.88. The molecular weight excluding hydrogens is 260 g/mol. The van der Waals surface area contributed by atoms with E-state index in [2.05, 4.69) is 48.1 Å². The highest BCUT2D eigenvalue weighted by atomic mass is 35.5. The maximum Gasteiger partial charge on any atom is 0.138 e. The highest BCUT2D eigenvalue weighted by Crippen LogP contribution is 2.37. The molecule has 0 saturated heterocycles. The molecule has 0 atom stereocenters. The molecule has 106 valence electrons. The second-order valence-electron chi connectivity index (χ2n) is 5.91. The maximum absolute atomic E-state index is 6.18. The summed E-state index contributed by atoms with van der Waals surface area (Å²) < 4.78 is 0. The lowest BCUT2D eigenvalue weighted by molar-refractivity contribution is 0.0738. The number of aromatic nitrogens is 2. The van der Waals surface area contributed by atoms with Crippen LogP contribution in [0.2, 0.25) is 5.15 Å². The van der Waals surface area contributed by atoms with Crippen molar-refractivity contribution in [1.82, 2.24) is 14.9 Å². The summed E-state index contributed by atoms with van der Waals surface area (Å²) in [5.74, 6) is 1.19. The second kappa shape index (κ2) is 5.63. The molecule has 0 spiro atoms. The summed E-state index contributed by atoms with van der Waals surface area (Å²) in [6, 6.07) is 0. The average molecular weight is 283 g/mol. The molecule has 0 unspecified atom stereocenters. The van der Waals surface area contributed by atoms with Crippen LogP contribution >= 0.6 is 11.6 Å². The molecule has 2 rings (SSSR count). The van der Waals surface area contributed by atoms with Gasteiger partial charge in [-0.15, -0.1) is 0 Å². The molecule has 1 fully saturated rings. The van der Waals surface area contributed by atoms with Gasteiger partial charge in [0.1, 0.15) is 17.3 Å². The van der Waals surface area contributed by atoms with Gasteiger partial charge in [-0.2, -0.15) is 0 Å². The van der Waals surface area contributed by atoms with Gasteiger partial charge in [-0.1, -0.05) is 25.4 Å². The third-order valence-electron chi connectivity index (χ3n) is 4.23. The minimum atomic E-state index is 0.270. The van der Waals surface area contributed by atoms with Crippen molar-refractivity contribution >= 4 is 17.4 Å². The first-order valence-corrected chi connectivity index (χ1v) is 7.26. The lowest BCUT2D eigenvalue weighted by Crippen LogP contribution is -2.54. The lowest BCUT2D eigenvalue weighted by atomic mass is 9.75. The Hall–Kier alpha value is -0.870. The van der Waals surface area contributed by atoms with Crippen LogP contribution in [0.5, 0.6) is 0 Å². The molecule has 1 heterocycles. The third kappa shape index (κ3) is 2.84. The zero-order valence-electron chi connectivity index (χ0n) is 12.2. The number of nitrogens with one attached hydrogen (secondary N) is 1. The quantitative estimate of drug-likeness (QED) is 0.843. The maximum atomic E-state index is 6.18. The van der Waals surface area contributed by atoms with Crippen LogP contribution in [0.25, 0.3) is 0 Å². The van der Waals surface area contributed by atoms with E-state index in [0.29, 0.717) is 11.1 Å². The van der Waals surface area contributed by atoms with Crippen molar-refractivity contribution in [3.8, 4) is 0 Å². The molecule has 19 heavy (non-hydrogen) atoms. The normalized spacial score (nSPS) is 17.6. The van der Waals surface area contributed by atoms with Gasteiger partial charge in [-0.3, -0.25) is 0 Å². The topological polar surface area (TPSA) is 41.1 Å². The summed E-state index contributed by atoms with van der Waals surface area (Å²) >= 11 is 6.18. The van der Waals surface area contributed by atoms with Crippen LogP contribution in [-0.2, 0) is 0 Å². The Bertz CT molecular complexity index is 441. The molecule has 1 N–H and O–H groups in total. The minimum Gasteiger partial charge on any atom is -0.368 e. The highest BCUT2D eigenvalue weighted by molar-refractivity contribution is 6.30. The Morgan fingerprint density at radius 3 is 2.53 bits per heavy atom. The molecule has 1 aliphatic rings. The van der Waals surface area contributed by atoms with Gasteiger partial charge in [-0.25, -0.2) is 9.97 Å². The fourth-order valence-electron chi connectivity index (χ4n) is 2.64. The Labute approximate surface area is 120 Å². The number of halogens is 1. The van der Waals surface area contributed by atoms with Crippen LogP contribution in [0, 0.1) is 0 Å². The summed E-state index contributed by atoms with van der Waals surface area (Å²) in [5, 5.41) is 4.04. The molecule has 1 aromatic rings. The lowest BCUT2D eigenvalue weighted by Gasteiger charge is -2.47. The van der Waals surface area contributed by atoms with Gasteiger partial charge < -0.3 is 10.2 Å². The van der Waals surface area contributed by atoms with Gasteiger partial charge in [0.05, 0.1) is 0 Å². The van der Waals surface area contributed by atoms with Gasteiger partial charge in [0.15, 0.2) is 0 Å². The predicted octanol–water partition coefficient (Wildman–Crippen LogP) is 3.15. The van der Waals surface area contributed by atoms with Crippen LogP contribution in [0.1, 0.15) is 44.6 Å². The van der Waals surface area contributed by atoms with Gasteiger partial charge in [0.2, 0.25) is 0 Å². The number of nitrogens with zero attached hydrogens (tertiary/aromatic N) is 3. The van der Waals surface area contributed by atoms with Crippen molar-refractivity contribution < 1.29 is 0 Å². The average Bonchev–Trinajstić information content (AvgIpc) is 2.26. The number of likely N-dealkylation sites (N-methyl/N-ethyl adjacent to an activating group) is 1. The molecule has 1 aliphatic carbocycles. The van der Waals surface area contributed by atoms with Crippen LogP contribution in [-0.4, -0.2) is 41.0 Å². The summed E-state index contributed by atoms with van der Waals surface area (Å²) in [4.78, 5) is 10.8. The van der Waals surface area contributed by atoms with Crippen molar-refractivity contribution in [2.75, 3.05) is 26.0 Å². The van der Waals surface area contributed by atoms with Crippen molar-refractivity contribution in [2.45, 2.75) is 44.6 Å². The molecule has 1 aromatic heterocycles. The van der Waals surface area contributed by atoms with Gasteiger partial charge in [-0.05, 0) is 39.3 Å². The largest absolute Gasteiger partial charge is 0.368 e. The van der Waals surface area contributed by atoms with E-state index in [1.807, 2.05) is 0 Å². The Kier molecular flexibility index (Phi) is 4.31. The fourth-order valence-corrected chi connectivity index (χ4v) is 2.99. The van der Waals surface area contributed by atoms with E-state index in [-0.39, 0.29) is 5.54 Å². The van der Waals surface area contributed by atoms with E-state index in [1.54, 1.807) is 0 Å². The van der Waals surface area contributed by atoms with Gasteiger partial charge >= 0.3 is 0 Å². The Balaban J connectivity index is 2.14. The summed E-state index contributed by atoms with van der Waals surface area (Å²) in [6.45, 7) is 5.13. The van der Waals surface area contributed by atoms with E-state index in [4.69, 9.17) is 11.6 Å². The molecule has 0 radical (unpaired) electrons. The van der Waals surface area contributed by atoms with Crippen molar-refractivity contribution in [3.05, 3.63) is 17.0 Å². The number of hydrogen-bond acceptors (Lipinski definition) is 4. The first-order chi connectivity index (χ1) is 8.96. The molecule has 1 saturated carbocycles. The van der Waals surface area contributed by atoms with Crippen LogP contribution < -0.4 is 5.32 Å². The molecule has 0 bridgehead atoms. The van der Waals surface area contributed by atoms with Gasteiger partial charge in [0.25, 0.3) is 0 Å². The van der Waals surface area contributed by atoms with Crippen molar-refractivity contribution in [2.24, 2.45) is 0 Å². The summed E-state index contributed by atoms with van der Waals surface area (Å²) in [6.07, 6.45) is 5.31. The monoisotopic (exact) mass is 282 g/mol. The van der Waals surface area contributed by atoms with E-state index >= 15 is 0 Å². The molecule has 0 aromatic carbocycles. The van der Waals surface area contributed by atoms with Crippen molar-refractivity contribution in [3.63, 3.8) is 0 Å². The van der Waals surface area contributed by atoms with E-state index in [0.717, 1.165) is 17.9 Å². The summed E-state index contributed by atoms with van der Waals surface area (Å²) in [5.41, 5.74) is 1.28. The SMILES string of the molecule is CC(C)c1c(Cl)ncnc1NCC1(N(C)C)CCC1. The van der Waals surface area contributed by atoms with Gasteiger partial charge in [0, 0.05) is 17.6 Å². The Morgan fingerprint density at radius 2 is 2.05 bits per heavy atom. The summed E-state index contributed by atoms with van der Waals surface area (Å²) in [7, 11) is 4.30. The number of anilines is 1. The molecular formula is C14H23ClN4. The predicted molar refractivity (Wildman–Crippen MR) is 79.9 cm³/mol. The number of hydrogen-bond donors (Lipinski definition) is 1. The zero-order valence-corrected chi connectivity index (χ0v) is 13.0. The smallest absolute Gasteiger partial charge is 0.138 e. The molecule has 0 amide bonds. The zero-order chi connectivity index (χ0) is 14.0. The molecule has 5 heteroatoms. The highest BCUT2D eigenvalue weighted by Gasteiger charge is 2.39. The van der Waals surface area contributed by atoms with E-state index in [9.17, 15) is 0 Å². The van der Waals surface area contributed by atoms with Crippen LogP contribution in [0.15, 0.2) is 6.33 Å². The number of rotatable bonds is 5. The van der Waals surface area contributed by atoms with E-state index < -0.39 is 0 Å². The minimum absolute atomic E-state index is 0.270. The van der Waals surface area contributed by atoms with Crippen LogP contribution in [0.3, 0.4) is 0 Å². The van der Waals surface area contributed by atoms with Crippen LogP contribution in [0.4, 0.5) is 5.82 Å². The molecule has 0 aliphatic heterocycles. The second-order valence-corrected chi connectivity index (χ2v) is 6.27. The fraction of sp³-hybridized carbons (Fsp3) is 0.714.